The van der Waals surface area contributed by atoms with Gasteiger partial charge in [-0.2, -0.15) is 0 Å². The molecule has 8 nitrogen and oxygen atoms in total. The van der Waals surface area contributed by atoms with Crippen LogP contribution in [0.4, 0.5) is 5.82 Å². The largest absolute Gasteiger partial charge is 0.390 e. The van der Waals surface area contributed by atoms with Gasteiger partial charge in [0, 0.05) is 19.8 Å². The predicted octanol–water partition coefficient (Wildman–Crippen LogP) is 1.49. The molecule has 4 N–H and O–H groups in total. The van der Waals surface area contributed by atoms with E-state index in [1.807, 2.05) is 23.9 Å². The Balaban J connectivity index is 1.30. The fourth-order valence-corrected chi connectivity index (χ4v) is 5.23. The number of hydrogen-bond donors (Lipinski definition) is 3. The van der Waals surface area contributed by atoms with E-state index in [9.17, 15) is 15.0 Å². The van der Waals surface area contributed by atoms with Gasteiger partial charge in [0.2, 0.25) is 5.91 Å². The van der Waals surface area contributed by atoms with Gasteiger partial charge in [-0.25, -0.2) is 9.97 Å². The van der Waals surface area contributed by atoms with Crippen LogP contribution in [-0.4, -0.2) is 61.4 Å². The number of benzene rings is 1. The van der Waals surface area contributed by atoms with Gasteiger partial charge in [-0.05, 0) is 54.4 Å². The van der Waals surface area contributed by atoms with Crippen LogP contribution in [0, 0.1) is 5.92 Å². The lowest BCUT2D eigenvalue weighted by molar-refractivity contribution is -0.128. The van der Waals surface area contributed by atoms with Crippen molar-refractivity contribution in [2.45, 2.75) is 50.4 Å². The lowest BCUT2D eigenvalue weighted by Gasteiger charge is -2.19. The summed E-state index contributed by atoms with van der Waals surface area (Å²) in [7, 11) is 1.85. The van der Waals surface area contributed by atoms with Crippen LogP contribution in [0.15, 0.2) is 36.8 Å². The lowest BCUT2D eigenvalue weighted by Crippen LogP contribution is -2.29. The molecule has 1 aliphatic heterocycles. The second kappa shape index (κ2) is 8.18. The van der Waals surface area contributed by atoms with Crippen molar-refractivity contribution in [1.82, 2.24) is 19.4 Å². The molecule has 1 aromatic carbocycles. The molecule has 3 aromatic rings. The number of aliphatic hydroxyl groups is 2. The summed E-state index contributed by atoms with van der Waals surface area (Å²) in [4.78, 5) is 22.4. The number of nitrogens with two attached hydrogens (primary N) is 1. The summed E-state index contributed by atoms with van der Waals surface area (Å²) in [5.41, 5.74) is 10.1. The van der Waals surface area contributed by atoms with E-state index in [4.69, 9.17) is 5.73 Å². The molecule has 2 aliphatic rings. The average Bonchev–Trinajstić information content (AvgIpc) is 3.29. The number of aromatic nitrogens is 3. The van der Waals surface area contributed by atoms with Crippen molar-refractivity contribution in [2.24, 2.45) is 5.92 Å². The summed E-state index contributed by atoms with van der Waals surface area (Å²) < 4.78 is 1.91. The Morgan fingerprint density at radius 2 is 2.00 bits per heavy atom. The van der Waals surface area contributed by atoms with Crippen LogP contribution in [-0.2, 0) is 24.1 Å². The SMILES string of the molecule is CN1CCc2ccc(CC[C@H]3C[C@@H](n4ccc5c(N)ncnc54)[C@H](O)[C@@H]3O)cc2CC1=O. The van der Waals surface area contributed by atoms with Gasteiger partial charge in [0.05, 0.1) is 24.0 Å². The summed E-state index contributed by atoms with van der Waals surface area (Å²) in [6.07, 6.45) is 5.15. The highest BCUT2D eigenvalue weighted by Crippen LogP contribution is 2.39. The van der Waals surface area contributed by atoms with Crippen LogP contribution in [0.25, 0.3) is 11.0 Å². The number of amides is 1. The first-order valence-electron chi connectivity index (χ1n) is 11.2. The number of anilines is 1. The smallest absolute Gasteiger partial charge is 0.226 e. The highest BCUT2D eigenvalue weighted by molar-refractivity contribution is 5.86. The molecule has 5 rings (SSSR count). The highest BCUT2D eigenvalue weighted by Gasteiger charge is 2.42. The summed E-state index contributed by atoms with van der Waals surface area (Å²) in [6.45, 7) is 0.753. The number of fused-ring (bicyclic) bond motifs is 2. The second-order valence-corrected chi connectivity index (χ2v) is 9.15. The van der Waals surface area contributed by atoms with Crippen molar-refractivity contribution < 1.29 is 15.0 Å². The van der Waals surface area contributed by atoms with E-state index < -0.39 is 12.2 Å². The van der Waals surface area contributed by atoms with Crippen LogP contribution < -0.4 is 5.73 Å². The zero-order valence-electron chi connectivity index (χ0n) is 18.2. The second-order valence-electron chi connectivity index (χ2n) is 9.15. The third-order valence-corrected chi connectivity index (χ3v) is 7.23. The average molecular weight is 436 g/mol. The lowest BCUT2D eigenvalue weighted by atomic mass is 9.93. The molecule has 1 aliphatic carbocycles. The van der Waals surface area contributed by atoms with Gasteiger partial charge in [-0.15, -0.1) is 0 Å². The standard InChI is InChI=1S/C24H29N5O3/c1-28-8-6-15-4-2-14(10-17(15)12-20(28)30)3-5-16-11-19(22(32)21(16)31)29-9-7-18-23(25)26-13-27-24(18)29/h2,4,7,9-10,13,16,19,21-22,31-32H,3,5-6,8,11-12H2,1H3,(H2,25,26,27)/t16-,19+,21+,22-/m0/s1. The molecular weight excluding hydrogens is 406 g/mol. The summed E-state index contributed by atoms with van der Waals surface area (Å²) in [6, 6.07) is 7.99. The fraction of sp³-hybridized carbons (Fsp3) is 0.458. The number of nitrogen functional groups attached to an aromatic ring is 1. The monoisotopic (exact) mass is 435 g/mol. The summed E-state index contributed by atoms with van der Waals surface area (Å²) in [5.74, 6) is 0.533. The number of carbonyl (C=O) groups excluding carboxylic acids is 1. The number of aryl methyl sites for hydroxylation is 1. The predicted molar refractivity (Wildman–Crippen MR) is 121 cm³/mol. The quantitative estimate of drug-likeness (QED) is 0.572. The molecule has 0 saturated heterocycles. The molecule has 168 valence electrons. The molecule has 2 aromatic heterocycles. The van der Waals surface area contributed by atoms with Crippen molar-refractivity contribution in [1.29, 1.82) is 0 Å². The normalized spacial score (nSPS) is 25.8. The van der Waals surface area contributed by atoms with Gasteiger partial charge >= 0.3 is 0 Å². The minimum atomic E-state index is -0.869. The molecule has 0 bridgehead atoms. The van der Waals surface area contributed by atoms with Crippen molar-refractivity contribution in [3.05, 3.63) is 53.5 Å². The Hall–Kier alpha value is -2.97. The van der Waals surface area contributed by atoms with E-state index in [1.54, 1.807) is 4.90 Å². The molecule has 8 heteroatoms. The van der Waals surface area contributed by atoms with Gasteiger partial charge in [-0.3, -0.25) is 4.79 Å². The Morgan fingerprint density at radius 3 is 2.84 bits per heavy atom. The van der Waals surface area contributed by atoms with Crippen LogP contribution in [0.2, 0.25) is 0 Å². The molecule has 3 heterocycles. The summed E-state index contributed by atoms with van der Waals surface area (Å²) in [5, 5.41) is 22.3. The number of likely N-dealkylation sites (N-methyl/N-ethyl adjacent to an activating group) is 1. The first-order valence-corrected chi connectivity index (χ1v) is 11.2. The van der Waals surface area contributed by atoms with Crippen molar-refractivity contribution in [2.75, 3.05) is 19.3 Å². The van der Waals surface area contributed by atoms with Crippen LogP contribution in [0.3, 0.4) is 0 Å². The molecule has 1 amide bonds. The van der Waals surface area contributed by atoms with Crippen LogP contribution in [0.5, 0.6) is 0 Å². The van der Waals surface area contributed by atoms with E-state index in [0.29, 0.717) is 24.3 Å². The van der Waals surface area contributed by atoms with Gasteiger partial charge < -0.3 is 25.4 Å². The van der Waals surface area contributed by atoms with E-state index in [0.717, 1.165) is 42.3 Å². The van der Waals surface area contributed by atoms with E-state index in [1.165, 1.54) is 11.9 Å². The van der Waals surface area contributed by atoms with E-state index >= 15 is 0 Å². The maximum Gasteiger partial charge on any atom is 0.226 e. The van der Waals surface area contributed by atoms with Gasteiger partial charge in [0.25, 0.3) is 0 Å². The zero-order chi connectivity index (χ0) is 22.4. The maximum absolute atomic E-state index is 12.2. The van der Waals surface area contributed by atoms with Crippen molar-refractivity contribution in [3.63, 3.8) is 0 Å². The number of nitrogens with zero attached hydrogens (tertiary/aromatic N) is 4. The third kappa shape index (κ3) is 3.63. The van der Waals surface area contributed by atoms with E-state index in [-0.39, 0.29) is 17.9 Å². The topological polar surface area (TPSA) is 118 Å². The molecule has 1 fully saturated rings. The first-order chi connectivity index (χ1) is 15.4. The number of aliphatic hydroxyl groups excluding tert-OH is 2. The zero-order valence-corrected chi connectivity index (χ0v) is 18.2. The molecule has 32 heavy (non-hydrogen) atoms. The molecule has 0 radical (unpaired) electrons. The third-order valence-electron chi connectivity index (χ3n) is 7.23. The molecular formula is C24H29N5O3. The number of rotatable bonds is 4. The van der Waals surface area contributed by atoms with Crippen molar-refractivity contribution in [3.8, 4) is 0 Å². The Bertz CT molecular complexity index is 1160. The Morgan fingerprint density at radius 1 is 1.16 bits per heavy atom. The van der Waals surface area contributed by atoms with E-state index in [2.05, 4.69) is 28.2 Å². The van der Waals surface area contributed by atoms with Gasteiger partial charge in [0.15, 0.2) is 0 Å². The fourth-order valence-electron chi connectivity index (χ4n) is 5.23. The number of carbonyl (C=O) groups is 1. The Kier molecular flexibility index (Phi) is 5.35. The number of hydrogen-bond acceptors (Lipinski definition) is 6. The summed E-state index contributed by atoms with van der Waals surface area (Å²) >= 11 is 0. The highest BCUT2D eigenvalue weighted by atomic mass is 16.3. The molecule has 0 unspecified atom stereocenters. The maximum atomic E-state index is 12.2. The van der Waals surface area contributed by atoms with Crippen molar-refractivity contribution >= 4 is 22.8 Å². The minimum Gasteiger partial charge on any atom is -0.390 e. The Labute approximate surface area is 186 Å². The molecule has 0 spiro atoms. The van der Waals surface area contributed by atoms with Gasteiger partial charge in [0.1, 0.15) is 23.9 Å². The molecule has 4 atom stereocenters. The first kappa shape index (κ1) is 20.9. The van der Waals surface area contributed by atoms with Crippen LogP contribution in [0.1, 0.15) is 35.6 Å². The minimum absolute atomic E-state index is 0.0294. The van der Waals surface area contributed by atoms with Gasteiger partial charge in [-0.1, -0.05) is 18.2 Å². The molecule has 1 saturated carbocycles. The van der Waals surface area contributed by atoms with Crippen LogP contribution >= 0.6 is 0 Å².